The second-order valence-corrected chi connectivity index (χ2v) is 7.14. The van der Waals surface area contributed by atoms with Gasteiger partial charge >= 0.3 is 0 Å². The van der Waals surface area contributed by atoms with Crippen LogP contribution < -0.4 is 0 Å². The Balaban J connectivity index is 1.71. The van der Waals surface area contributed by atoms with Crippen LogP contribution >= 0.6 is 0 Å². The molecule has 0 saturated carbocycles. The van der Waals surface area contributed by atoms with Gasteiger partial charge in [-0.25, -0.2) is 4.39 Å². The zero-order valence-corrected chi connectivity index (χ0v) is 15.1. The van der Waals surface area contributed by atoms with Gasteiger partial charge in [0.05, 0.1) is 6.04 Å². The predicted octanol–water partition coefficient (Wildman–Crippen LogP) is 3.73. The van der Waals surface area contributed by atoms with Gasteiger partial charge in [-0.1, -0.05) is 12.1 Å². The fraction of sp³-hybridized carbons (Fsp3) is 0.579. The third kappa shape index (κ3) is 3.60. The van der Waals surface area contributed by atoms with Crippen molar-refractivity contribution in [1.29, 1.82) is 0 Å². The molecule has 0 amide bonds. The van der Waals surface area contributed by atoms with Crippen LogP contribution in [0.15, 0.2) is 22.7 Å². The number of halogens is 1. The van der Waals surface area contributed by atoms with Crippen LogP contribution in [0.3, 0.4) is 0 Å². The van der Waals surface area contributed by atoms with Crippen molar-refractivity contribution in [3.05, 3.63) is 35.5 Å². The Morgan fingerprint density at radius 2 is 2.08 bits per heavy atom. The molecule has 1 N–H and O–H groups in total. The minimum absolute atomic E-state index is 0.0244. The molecule has 25 heavy (non-hydrogen) atoms. The summed E-state index contributed by atoms with van der Waals surface area (Å²) in [5, 5.41) is 13.7. The molecular formula is C19H26FN3O2. The molecule has 1 aliphatic heterocycles. The van der Waals surface area contributed by atoms with Gasteiger partial charge in [0.25, 0.3) is 0 Å². The number of aliphatic hydroxyl groups excluding tert-OH is 1. The number of hydrogen-bond acceptors (Lipinski definition) is 5. The normalized spacial score (nSPS) is 19.1. The second-order valence-electron chi connectivity index (χ2n) is 7.14. The quantitative estimate of drug-likeness (QED) is 0.893. The Bertz CT molecular complexity index is 717. The highest BCUT2D eigenvalue weighted by Gasteiger charge is 2.35. The molecule has 1 aliphatic rings. The zero-order valence-electron chi connectivity index (χ0n) is 15.1. The summed E-state index contributed by atoms with van der Waals surface area (Å²) in [5.41, 5.74) is 1.37. The van der Waals surface area contributed by atoms with Gasteiger partial charge in [0.2, 0.25) is 11.7 Å². The standard InChI is InChI=1S/C19H26FN3O2/c1-4-19(12-24)7-9-23(10-8-19)14(3)18-21-17(22-25-18)15-5-6-16(20)13(2)11-15/h5-6,11,14,24H,4,7-10,12H2,1-3H3. The van der Waals surface area contributed by atoms with Crippen LogP contribution in [0.25, 0.3) is 11.4 Å². The van der Waals surface area contributed by atoms with Gasteiger partial charge in [-0.15, -0.1) is 0 Å². The lowest BCUT2D eigenvalue weighted by molar-refractivity contribution is 0.0216. The summed E-state index contributed by atoms with van der Waals surface area (Å²) in [7, 11) is 0. The summed E-state index contributed by atoms with van der Waals surface area (Å²) < 4.78 is 18.9. The van der Waals surface area contributed by atoms with Crippen LogP contribution in [0, 0.1) is 18.2 Å². The third-order valence-electron chi connectivity index (χ3n) is 5.71. The Morgan fingerprint density at radius 3 is 2.68 bits per heavy atom. The summed E-state index contributed by atoms with van der Waals surface area (Å²) in [5.74, 6) is 0.822. The lowest BCUT2D eigenvalue weighted by Gasteiger charge is -2.41. The molecule has 1 saturated heterocycles. The molecule has 5 nitrogen and oxygen atoms in total. The van der Waals surface area contributed by atoms with E-state index < -0.39 is 0 Å². The summed E-state index contributed by atoms with van der Waals surface area (Å²) in [6, 6.07) is 4.84. The first kappa shape index (κ1) is 18.0. The lowest BCUT2D eigenvalue weighted by atomic mass is 9.77. The molecule has 2 heterocycles. The third-order valence-corrected chi connectivity index (χ3v) is 5.71. The van der Waals surface area contributed by atoms with Crippen LogP contribution in [-0.4, -0.2) is 39.8 Å². The minimum atomic E-state index is -0.238. The Morgan fingerprint density at radius 1 is 1.36 bits per heavy atom. The number of aryl methyl sites for hydroxylation is 1. The van der Waals surface area contributed by atoms with Crippen molar-refractivity contribution in [2.45, 2.75) is 46.1 Å². The molecule has 136 valence electrons. The summed E-state index contributed by atoms with van der Waals surface area (Å²) in [4.78, 5) is 6.83. The Kier molecular flexibility index (Phi) is 5.20. The second kappa shape index (κ2) is 7.22. The van der Waals surface area contributed by atoms with Crippen LogP contribution in [-0.2, 0) is 0 Å². The fourth-order valence-electron chi connectivity index (χ4n) is 3.47. The van der Waals surface area contributed by atoms with E-state index in [0.717, 1.165) is 37.9 Å². The largest absolute Gasteiger partial charge is 0.396 e. The van der Waals surface area contributed by atoms with Crippen LogP contribution in [0.1, 0.15) is 50.6 Å². The number of nitrogens with zero attached hydrogens (tertiary/aromatic N) is 3. The topological polar surface area (TPSA) is 62.4 Å². The molecule has 6 heteroatoms. The van der Waals surface area contributed by atoms with Gasteiger partial charge in [0, 0.05) is 12.2 Å². The monoisotopic (exact) mass is 347 g/mol. The highest BCUT2D eigenvalue weighted by atomic mass is 19.1. The molecule has 1 aromatic carbocycles. The maximum absolute atomic E-state index is 13.4. The van der Waals surface area contributed by atoms with E-state index in [4.69, 9.17) is 4.52 Å². The summed E-state index contributed by atoms with van der Waals surface area (Å²) >= 11 is 0. The summed E-state index contributed by atoms with van der Waals surface area (Å²) in [6.45, 7) is 7.99. The molecule has 0 spiro atoms. The molecule has 3 rings (SSSR count). The maximum Gasteiger partial charge on any atom is 0.244 e. The number of rotatable bonds is 5. The molecular weight excluding hydrogens is 321 g/mol. The fourth-order valence-corrected chi connectivity index (χ4v) is 3.47. The first-order valence-electron chi connectivity index (χ1n) is 8.93. The van der Waals surface area contributed by atoms with Gasteiger partial charge in [0.15, 0.2) is 0 Å². The van der Waals surface area contributed by atoms with Crippen LogP contribution in [0.4, 0.5) is 4.39 Å². The SMILES string of the molecule is CCC1(CO)CCN(C(C)c2nc(-c3ccc(F)c(C)c3)no2)CC1. The van der Waals surface area contributed by atoms with Gasteiger partial charge < -0.3 is 9.63 Å². The Hall–Kier alpha value is -1.79. The van der Waals surface area contributed by atoms with E-state index in [1.54, 1.807) is 19.1 Å². The maximum atomic E-state index is 13.4. The number of benzene rings is 1. The summed E-state index contributed by atoms with van der Waals surface area (Å²) in [6.07, 6.45) is 2.95. The van der Waals surface area contributed by atoms with Gasteiger partial charge in [-0.05, 0) is 75.4 Å². The number of aromatic nitrogens is 2. The predicted molar refractivity (Wildman–Crippen MR) is 93.5 cm³/mol. The average molecular weight is 347 g/mol. The molecule has 1 atom stereocenters. The minimum Gasteiger partial charge on any atom is -0.396 e. The highest BCUT2D eigenvalue weighted by Crippen LogP contribution is 2.37. The van der Waals surface area contributed by atoms with E-state index in [1.165, 1.54) is 6.07 Å². The Labute approximate surface area is 147 Å². The molecule has 0 bridgehead atoms. The molecule has 0 aliphatic carbocycles. The average Bonchev–Trinajstić information content (AvgIpc) is 3.13. The van der Waals surface area contributed by atoms with Crippen molar-refractivity contribution in [3.8, 4) is 11.4 Å². The van der Waals surface area contributed by atoms with E-state index in [1.807, 2.05) is 0 Å². The first-order chi connectivity index (χ1) is 12.0. The smallest absolute Gasteiger partial charge is 0.244 e. The van der Waals surface area contributed by atoms with E-state index in [2.05, 4.69) is 28.9 Å². The highest BCUT2D eigenvalue weighted by molar-refractivity contribution is 5.55. The first-order valence-corrected chi connectivity index (χ1v) is 8.93. The van der Waals surface area contributed by atoms with Gasteiger partial charge in [-0.3, -0.25) is 4.90 Å². The van der Waals surface area contributed by atoms with Crippen molar-refractivity contribution in [3.63, 3.8) is 0 Å². The number of hydrogen-bond donors (Lipinski definition) is 1. The van der Waals surface area contributed by atoms with Gasteiger partial charge in [-0.2, -0.15) is 4.98 Å². The van der Waals surface area contributed by atoms with Crippen molar-refractivity contribution < 1.29 is 14.0 Å². The molecule has 1 fully saturated rings. The lowest BCUT2D eigenvalue weighted by Crippen LogP contribution is -2.42. The van der Waals surface area contributed by atoms with Crippen molar-refractivity contribution in [1.82, 2.24) is 15.0 Å². The van der Waals surface area contributed by atoms with E-state index in [-0.39, 0.29) is 23.9 Å². The number of likely N-dealkylation sites (tertiary alicyclic amines) is 1. The van der Waals surface area contributed by atoms with Gasteiger partial charge in [0.1, 0.15) is 5.82 Å². The molecule has 2 aromatic rings. The van der Waals surface area contributed by atoms with Crippen molar-refractivity contribution in [2.24, 2.45) is 5.41 Å². The van der Waals surface area contributed by atoms with Crippen molar-refractivity contribution >= 4 is 0 Å². The molecule has 0 radical (unpaired) electrons. The van der Waals surface area contributed by atoms with E-state index >= 15 is 0 Å². The molecule has 1 unspecified atom stereocenters. The van der Waals surface area contributed by atoms with E-state index in [9.17, 15) is 9.50 Å². The van der Waals surface area contributed by atoms with Crippen LogP contribution in [0.5, 0.6) is 0 Å². The van der Waals surface area contributed by atoms with E-state index in [0.29, 0.717) is 17.3 Å². The van der Waals surface area contributed by atoms with Crippen molar-refractivity contribution in [2.75, 3.05) is 19.7 Å². The zero-order chi connectivity index (χ0) is 18.0. The van der Waals surface area contributed by atoms with Crippen LogP contribution in [0.2, 0.25) is 0 Å². The molecule has 1 aromatic heterocycles. The number of piperidine rings is 1. The number of aliphatic hydroxyl groups is 1.